The predicted octanol–water partition coefficient (Wildman–Crippen LogP) is 4.84. The first-order valence-corrected chi connectivity index (χ1v) is 11.2. The number of rotatable bonds is 8. The molecule has 0 bridgehead atoms. The van der Waals surface area contributed by atoms with Crippen LogP contribution in [0.5, 0.6) is 11.5 Å². The van der Waals surface area contributed by atoms with E-state index in [4.69, 9.17) is 9.47 Å². The first kappa shape index (κ1) is 23.6. The lowest BCUT2D eigenvalue weighted by Gasteiger charge is -2.33. The number of hydrogen-bond donors (Lipinski definition) is 1. The molecule has 0 radical (unpaired) electrons. The van der Waals surface area contributed by atoms with Gasteiger partial charge >= 0.3 is 5.97 Å². The Morgan fingerprint density at radius 3 is 2.56 bits per heavy atom. The van der Waals surface area contributed by atoms with Crippen molar-refractivity contribution < 1.29 is 24.2 Å². The van der Waals surface area contributed by atoms with E-state index in [-0.39, 0.29) is 18.4 Å². The maximum absolute atomic E-state index is 12.8. The summed E-state index contributed by atoms with van der Waals surface area (Å²) in [5.74, 6) is 0.766. The summed E-state index contributed by atoms with van der Waals surface area (Å²) >= 11 is 0. The zero-order chi connectivity index (χ0) is 23.3. The molecular weight excluding hydrogens is 406 g/mol. The van der Waals surface area contributed by atoms with Crippen LogP contribution < -0.4 is 9.47 Å². The average molecular weight is 440 g/mol. The molecule has 1 aliphatic rings. The number of carbonyl (C=O) groups excluding carboxylic acids is 1. The van der Waals surface area contributed by atoms with Gasteiger partial charge in [0.1, 0.15) is 11.5 Å². The molecule has 1 atom stereocenters. The van der Waals surface area contributed by atoms with Crippen LogP contribution in [0.3, 0.4) is 0 Å². The number of aliphatic carboxylic acids is 1. The van der Waals surface area contributed by atoms with E-state index in [0.717, 1.165) is 18.4 Å². The highest BCUT2D eigenvalue weighted by Crippen LogP contribution is 2.30. The van der Waals surface area contributed by atoms with E-state index in [1.165, 1.54) is 19.4 Å². The van der Waals surface area contributed by atoms with Gasteiger partial charge < -0.3 is 19.5 Å². The van der Waals surface area contributed by atoms with Crippen molar-refractivity contribution in [3.8, 4) is 11.5 Å². The van der Waals surface area contributed by atoms with Gasteiger partial charge in [0.2, 0.25) is 0 Å². The van der Waals surface area contributed by atoms with Crippen LogP contribution in [0.15, 0.2) is 48.5 Å². The Bertz CT molecular complexity index is 953. The molecule has 1 amide bonds. The molecule has 0 aromatic heterocycles. The number of amides is 1. The first-order valence-electron chi connectivity index (χ1n) is 11.2. The minimum Gasteiger partial charge on any atom is -0.484 e. The zero-order valence-corrected chi connectivity index (χ0v) is 19.3. The van der Waals surface area contributed by atoms with Gasteiger partial charge in [-0.2, -0.15) is 0 Å². The van der Waals surface area contributed by atoms with E-state index >= 15 is 0 Å². The molecule has 2 aromatic rings. The fourth-order valence-electron chi connectivity index (χ4n) is 3.85. The zero-order valence-electron chi connectivity index (χ0n) is 19.3. The molecule has 0 saturated carbocycles. The number of ether oxygens (including phenoxy) is 2. The van der Waals surface area contributed by atoms with E-state index in [0.29, 0.717) is 30.5 Å². The Morgan fingerprint density at radius 2 is 1.84 bits per heavy atom. The molecule has 0 spiro atoms. The lowest BCUT2D eigenvalue weighted by atomic mass is 9.90. The van der Waals surface area contributed by atoms with Gasteiger partial charge in [-0.05, 0) is 68.0 Å². The fraction of sp³-hybridized carbons (Fsp3) is 0.462. The van der Waals surface area contributed by atoms with Crippen molar-refractivity contribution in [2.75, 3.05) is 19.7 Å². The molecule has 1 unspecified atom stereocenters. The maximum atomic E-state index is 12.8. The lowest BCUT2D eigenvalue weighted by Crippen LogP contribution is -2.41. The van der Waals surface area contributed by atoms with Crippen molar-refractivity contribution in [2.24, 2.45) is 0 Å². The summed E-state index contributed by atoms with van der Waals surface area (Å²) in [6.07, 6.45) is 1.87. The molecule has 2 aromatic carbocycles. The number of carboxylic acids is 1. The minimum absolute atomic E-state index is 0.0181. The number of carboxylic acid groups (broad SMARTS) is 1. The van der Waals surface area contributed by atoms with Gasteiger partial charge in [-0.25, -0.2) is 4.79 Å². The summed E-state index contributed by atoms with van der Waals surface area (Å²) in [6.45, 7) is 8.65. The molecule has 3 rings (SSSR count). The Hall–Kier alpha value is -3.02. The Morgan fingerprint density at radius 1 is 1.12 bits per heavy atom. The number of piperidine rings is 1. The molecule has 6 nitrogen and oxygen atoms in total. The second-order valence-corrected chi connectivity index (χ2v) is 9.18. The highest BCUT2D eigenvalue weighted by molar-refractivity contribution is 5.78. The van der Waals surface area contributed by atoms with E-state index in [9.17, 15) is 14.7 Å². The molecule has 32 heavy (non-hydrogen) atoms. The predicted molar refractivity (Wildman–Crippen MR) is 123 cm³/mol. The van der Waals surface area contributed by atoms with Crippen molar-refractivity contribution in [2.45, 2.75) is 58.0 Å². The Balaban J connectivity index is 1.61. The summed E-state index contributed by atoms with van der Waals surface area (Å²) in [6, 6.07) is 15.4. The van der Waals surface area contributed by atoms with Gasteiger partial charge in [0.15, 0.2) is 12.2 Å². The van der Waals surface area contributed by atoms with E-state index < -0.39 is 11.6 Å². The van der Waals surface area contributed by atoms with Crippen LogP contribution in [0.1, 0.15) is 63.5 Å². The summed E-state index contributed by atoms with van der Waals surface area (Å²) in [7, 11) is 0. The van der Waals surface area contributed by atoms with Gasteiger partial charge in [0.05, 0.1) is 0 Å². The van der Waals surface area contributed by atoms with Crippen molar-refractivity contribution in [3.63, 3.8) is 0 Å². The quantitative estimate of drug-likeness (QED) is 0.637. The molecule has 1 fully saturated rings. The van der Waals surface area contributed by atoms with Crippen LogP contribution >= 0.6 is 0 Å². The van der Waals surface area contributed by atoms with Crippen molar-refractivity contribution >= 4 is 11.9 Å². The summed E-state index contributed by atoms with van der Waals surface area (Å²) in [4.78, 5) is 26.0. The number of nitrogens with zero attached hydrogens (tertiary/aromatic N) is 1. The normalized spacial score (nSPS) is 16.7. The molecule has 1 N–H and O–H groups in total. The third-order valence-corrected chi connectivity index (χ3v) is 5.88. The standard InChI is InChI=1S/C26H33NO5/c1-18(2)19-8-5-11-22(14-19)31-17-24(28)27-13-7-10-21(16-27)20-9-6-12-23(15-20)32-26(3,4)25(29)30/h5-6,8-9,11-12,14-15,18,21H,7,10,13,16-17H2,1-4H3,(H,29,30). The summed E-state index contributed by atoms with van der Waals surface area (Å²) in [5.41, 5.74) is 0.921. The van der Waals surface area contributed by atoms with Crippen molar-refractivity contribution in [1.29, 1.82) is 0 Å². The van der Waals surface area contributed by atoms with Gasteiger partial charge in [-0.15, -0.1) is 0 Å². The van der Waals surface area contributed by atoms with E-state index in [2.05, 4.69) is 19.9 Å². The Labute approximate surface area is 190 Å². The lowest BCUT2D eigenvalue weighted by molar-refractivity contribution is -0.152. The highest BCUT2D eigenvalue weighted by atomic mass is 16.5. The number of likely N-dealkylation sites (tertiary alicyclic amines) is 1. The number of carbonyl (C=O) groups is 2. The monoisotopic (exact) mass is 439 g/mol. The van der Waals surface area contributed by atoms with E-state index in [1.807, 2.05) is 41.3 Å². The van der Waals surface area contributed by atoms with Crippen molar-refractivity contribution in [1.82, 2.24) is 4.90 Å². The van der Waals surface area contributed by atoms with Gasteiger partial charge in [0.25, 0.3) is 5.91 Å². The second kappa shape index (κ2) is 10.1. The second-order valence-electron chi connectivity index (χ2n) is 9.18. The molecule has 1 heterocycles. The topological polar surface area (TPSA) is 76.1 Å². The van der Waals surface area contributed by atoms with E-state index in [1.54, 1.807) is 6.07 Å². The molecule has 6 heteroatoms. The smallest absolute Gasteiger partial charge is 0.347 e. The fourth-order valence-corrected chi connectivity index (χ4v) is 3.85. The number of hydrogen-bond acceptors (Lipinski definition) is 4. The van der Waals surface area contributed by atoms with Crippen LogP contribution in [0.25, 0.3) is 0 Å². The first-order chi connectivity index (χ1) is 15.2. The van der Waals surface area contributed by atoms with Crippen LogP contribution in [0.4, 0.5) is 0 Å². The minimum atomic E-state index is -1.31. The number of benzene rings is 2. The van der Waals surface area contributed by atoms with Crippen LogP contribution in [0.2, 0.25) is 0 Å². The highest BCUT2D eigenvalue weighted by Gasteiger charge is 2.30. The van der Waals surface area contributed by atoms with Gasteiger partial charge in [0, 0.05) is 19.0 Å². The van der Waals surface area contributed by atoms with Crippen LogP contribution in [0, 0.1) is 0 Å². The molecule has 0 aliphatic carbocycles. The van der Waals surface area contributed by atoms with Crippen LogP contribution in [-0.4, -0.2) is 47.2 Å². The van der Waals surface area contributed by atoms with Gasteiger partial charge in [-0.1, -0.05) is 38.1 Å². The Kier molecular flexibility index (Phi) is 7.44. The summed E-state index contributed by atoms with van der Waals surface area (Å²) in [5, 5.41) is 9.31. The SMILES string of the molecule is CC(C)c1cccc(OCC(=O)N2CCCC(c3cccc(OC(C)(C)C(=O)O)c3)C2)c1. The molecule has 1 aliphatic heterocycles. The van der Waals surface area contributed by atoms with Crippen molar-refractivity contribution in [3.05, 3.63) is 59.7 Å². The van der Waals surface area contributed by atoms with Gasteiger partial charge in [-0.3, -0.25) is 4.79 Å². The summed E-state index contributed by atoms with van der Waals surface area (Å²) < 4.78 is 11.5. The third kappa shape index (κ3) is 6.02. The molecule has 172 valence electrons. The largest absolute Gasteiger partial charge is 0.484 e. The van der Waals surface area contributed by atoms with Crippen LogP contribution in [-0.2, 0) is 9.59 Å². The molecular formula is C26H33NO5. The average Bonchev–Trinajstić information content (AvgIpc) is 2.77. The third-order valence-electron chi connectivity index (χ3n) is 5.88. The molecule has 1 saturated heterocycles. The maximum Gasteiger partial charge on any atom is 0.347 e.